The van der Waals surface area contributed by atoms with E-state index in [1.807, 2.05) is 19.9 Å². The van der Waals surface area contributed by atoms with E-state index in [-0.39, 0.29) is 17.5 Å². The van der Waals surface area contributed by atoms with Crippen molar-refractivity contribution in [3.8, 4) is 0 Å². The Kier molecular flexibility index (Phi) is 5.78. The van der Waals surface area contributed by atoms with Crippen LogP contribution in [0.25, 0.3) is 0 Å². The maximum atomic E-state index is 12.1. The van der Waals surface area contributed by atoms with Gasteiger partial charge in [0.25, 0.3) is 11.8 Å². The zero-order valence-corrected chi connectivity index (χ0v) is 13.9. The highest BCUT2D eigenvalue weighted by molar-refractivity contribution is 7.19. The van der Waals surface area contributed by atoms with Crippen LogP contribution in [0.3, 0.4) is 0 Å². The summed E-state index contributed by atoms with van der Waals surface area (Å²) in [5.74, 6) is -0.515. The van der Waals surface area contributed by atoms with Gasteiger partial charge in [0.1, 0.15) is 9.88 Å². The van der Waals surface area contributed by atoms with E-state index >= 15 is 0 Å². The molecule has 0 aliphatic rings. The van der Waals surface area contributed by atoms with Crippen molar-refractivity contribution in [3.05, 3.63) is 22.1 Å². The van der Waals surface area contributed by atoms with Crippen molar-refractivity contribution in [2.24, 2.45) is 0 Å². The molecule has 0 atom stereocenters. The molecule has 0 saturated carbocycles. The second-order valence-corrected chi connectivity index (χ2v) is 6.01. The van der Waals surface area contributed by atoms with E-state index in [0.29, 0.717) is 22.0 Å². The summed E-state index contributed by atoms with van der Waals surface area (Å²) in [5, 5.41) is 6.30. The monoisotopic (exact) mass is 310 g/mol. The van der Waals surface area contributed by atoms with Gasteiger partial charge in [-0.15, -0.1) is 11.3 Å². The quantitative estimate of drug-likeness (QED) is 0.723. The minimum atomic E-state index is -0.304. The molecule has 7 heteroatoms. The van der Waals surface area contributed by atoms with Gasteiger partial charge in [-0.05, 0) is 13.8 Å². The molecule has 0 fully saturated rings. The SMILES string of the molecule is CNC(=O)c1c(NCC=C(C)C)sc(C(=O)N(C)C)c1N. The normalized spacial score (nSPS) is 9.95. The Balaban J connectivity index is 3.21. The predicted molar refractivity (Wildman–Crippen MR) is 88.1 cm³/mol. The fraction of sp³-hybridized carbons (Fsp3) is 0.429. The molecule has 2 amide bonds. The Morgan fingerprint density at radius 3 is 2.43 bits per heavy atom. The van der Waals surface area contributed by atoms with Crippen LogP contribution in [0.1, 0.15) is 33.9 Å². The Hall–Kier alpha value is -2.02. The summed E-state index contributed by atoms with van der Waals surface area (Å²) in [6, 6.07) is 0. The van der Waals surface area contributed by atoms with E-state index in [0.717, 1.165) is 5.57 Å². The highest BCUT2D eigenvalue weighted by atomic mass is 32.1. The molecule has 21 heavy (non-hydrogen) atoms. The summed E-state index contributed by atoms with van der Waals surface area (Å²) in [7, 11) is 4.83. The molecule has 1 aromatic rings. The van der Waals surface area contributed by atoms with E-state index in [1.54, 1.807) is 14.1 Å². The Bertz CT molecular complexity index is 572. The van der Waals surface area contributed by atoms with Gasteiger partial charge in [0.05, 0.1) is 11.3 Å². The second-order valence-electron chi connectivity index (χ2n) is 4.99. The molecule has 1 rings (SSSR count). The number of carbonyl (C=O) groups excluding carboxylic acids is 2. The summed E-state index contributed by atoms with van der Waals surface area (Å²) in [6.07, 6.45) is 2.00. The minimum absolute atomic E-state index is 0.210. The molecule has 0 unspecified atom stereocenters. The summed E-state index contributed by atoms with van der Waals surface area (Å²) in [6.45, 7) is 4.55. The van der Waals surface area contributed by atoms with Crippen LogP contribution in [0.15, 0.2) is 11.6 Å². The van der Waals surface area contributed by atoms with Gasteiger partial charge in [-0.25, -0.2) is 0 Å². The first-order chi connectivity index (χ1) is 9.79. The van der Waals surface area contributed by atoms with Crippen LogP contribution in [0.4, 0.5) is 10.7 Å². The molecule has 116 valence electrons. The van der Waals surface area contributed by atoms with Crippen molar-refractivity contribution in [2.75, 3.05) is 38.7 Å². The Morgan fingerprint density at radius 2 is 1.95 bits per heavy atom. The average Bonchev–Trinajstić information content (AvgIpc) is 2.73. The lowest BCUT2D eigenvalue weighted by Gasteiger charge is -2.08. The largest absolute Gasteiger partial charge is 0.397 e. The molecule has 0 aliphatic heterocycles. The molecule has 0 spiro atoms. The van der Waals surface area contributed by atoms with Crippen LogP contribution in [0.2, 0.25) is 0 Å². The molecule has 1 aromatic heterocycles. The number of hydrogen-bond acceptors (Lipinski definition) is 5. The number of carbonyl (C=O) groups is 2. The van der Waals surface area contributed by atoms with Gasteiger partial charge in [0.15, 0.2) is 0 Å². The molecule has 1 heterocycles. The number of nitrogens with one attached hydrogen (secondary N) is 2. The molecule has 6 nitrogen and oxygen atoms in total. The summed E-state index contributed by atoms with van der Waals surface area (Å²) in [5.41, 5.74) is 7.71. The number of rotatable bonds is 5. The van der Waals surface area contributed by atoms with E-state index in [2.05, 4.69) is 10.6 Å². The second kappa shape index (κ2) is 7.12. The van der Waals surface area contributed by atoms with E-state index < -0.39 is 0 Å². The average molecular weight is 310 g/mol. The van der Waals surface area contributed by atoms with E-state index in [9.17, 15) is 9.59 Å². The molecule has 0 aliphatic carbocycles. The topological polar surface area (TPSA) is 87.5 Å². The first-order valence-corrected chi connectivity index (χ1v) is 7.34. The van der Waals surface area contributed by atoms with Gasteiger partial charge >= 0.3 is 0 Å². The van der Waals surface area contributed by atoms with Crippen LogP contribution in [-0.4, -0.2) is 44.4 Å². The molecular formula is C14H22N4O2S. The standard InChI is InChI=1S/C14H22N4O2S/c1-8(2)6-7-17-13-9(12(19)16-3)10(15)11(21-13)14(20)18(4)5/h6,17H,7,15H2,1-5H3,(H,16,19). The van der Waals surface area contributed by atoms with Gasteiger partial charge < -0.3 is 21.3 Å². The third-order valence-corrected chi connectivity index (χ3v) is 3.92. The third kappa shape index (κ3) is 3.98. The summed E-state index contributed by atoms with van der Waals surface area (Å²) in [4.78, 5) is 25.9. The predicted octanol–water partition coefficient (Wildman–Crippen LogP) is 1.77. The van der Waals surface area contributed by atoms with Crippen molar-refractivity contribution in [1.82, 2.24) is 10.2 Å². The molecule has 0 bridgehead atoms. The minimum Gasteiger partial charge on any atom is -0.397 e. The number of amides is 2. The van der Waals surface area contributed by atoms with Crippen LogP contribution in [-0.2, 0) is 0 Å². The fourth-order valence-electron chi connectivity index (χ4n) is 1.63. The first kappa shape index (κ1) is 17.0. The van der Waals surface area contributed by atoms with Crippen LogP contribution in [0, 0.1) is 0 Å². The van der Waals surface area contributed by atoms with Crippen molar-refractivity contribution < 1.29 is 9.59 Å². The van der Waals surface area contributed by atoms with E-state index in [1.165, 1.54) is 23.3 Å². The van der Waals surface area contributed by atoms with Gasteiger partial charge in [-0.2, -0.15) is 0 Å². The lowest BCUT2D eigenvalue weighted by molar-refractivity contribution is 0.0833. The smallest absolute Gasteiger partial charge is 0.265 e. The lowest BCUT2D eigenvalue weighted by atomic mass is 10.2. The Morgan fingerprint density at radius 1 is 1.33 bits per heavy atom. The van der Waals surface area contributed by atoms with Gasteiger partial charge in [0.2, 0.25) is 0 Å². The number of hydrogen-bond donors (Lipinski definition) is 3. The maximum Gasteiger partial charge on any atom is 0.265 e. The van der Waals surface area contributed by atoms with E-state index in [4.69, 9.17) is 5.73 Å². The zero-order valence-electron chi connectivity index (χ0n) is 13.0. The highest BCUT2D eigenvalue weighted by Gasteiger charge is 2.25. The van der Waals surface area contributed by atoms with Gasteiger partial charge in [-0.3, -0.25) is 9.59 Å². The molecule has 0 saturated heterocycles. The molecule has 0 radical (unpaired) electrons. The summed E-state index contributed by atoms with van der Waals surface area (Å²) >= 11 is 1.20. The first-order valence-electron chi connectivity index (χ1n) is 6.52. The number of nitrogens with zero attached hydrogens (tertiary/aromatic N) is 1. The number of anilines is 2. The number of thiophene rings is 1. The lowest BCUT2D eigenvalue weighted by Crippen LogP contribution is -2.23. The van der Waals surface area contributed by atoms with Crippen molar-refractivity contribution >= 4 is 33.8 Å². The zero-order chi connectivity index (χ0) is 16.2. The van der Waals surface area contributed by atoms with Crippen molar-refractivity contribution in [2.45, 2.75) is 13.8 Å². The molecule has 4 N–H and O–H groups in total. The maximum absolute atomic E-state index is 12.1. The number of allylic oxidation sites excluding steroid dienone is 1. The van der Waals surface area contributed by atoms with Gasteiger partial charge in [-0.1, -0.05) is 11.6 Å². The summed E-state index contributed by atoms with van der Waals surface area (Å²) < 4.78 is 0. The van der Waals surface area contributed by atoms with Gasteiger partial charge in [0, 0.05) is 27.7 Å². The van der Waals surface area contributed by atoms with Crippen molar-refractivity contribution in [3.63, 3.8) is 0 Å². The van der Waals surface area contributed by atoms with Crippen LogP contribution >= 0.6 is 11.3 Å². The fourth-order valence-corrected chi connectivity index (χ4v) is 2.77. The number of nitrogen functional groups attached to an aromatic ring is 1. The molecular weight excluding hydrogens is 288 g/mol. The van der Waals surface area contributed by atoms with Crippen LogP contribution < -0.4 is 16.4 Å². The van der Waals surface area contributed by atoms with Crippen LogP contribution in [0.5, 0.6) is 0 Å². The van der Waals surface area contributed by atoms with Crippen molar-refractivity contribution in [1.29, 1.82) is 0 Å². The molecule has 0 aromatic carbocycles. The third-order valence-electron chi connectivity index (χ3n) is 2.77. The highest BCUT2D eigenvalue weighted by Crippen LogP contribution is 2.36. The number of nitrogens with two attached hydrogens (primary N) is 1. The Labute approximate surface area is 129 Å².